The van der Waals surface area contributed by atoms with E-state index in [9.17, 15) is 9.59 Å². The first-order chi connectivity index (χ1) is 9.53. The fourth-order valence-corrected chi connectivity index (χ4v) is 1.51. The first-order valence-corrected chi connectivity index (χ1v) is 6.24. The number of benzene rings is 1. The lowest BCUT2D eigenvalue weighted by Gasteiger charge is -2.19. The number of hydrogen-bond acceptors (Lipinski definition) is 5. The van der Waals surface area contributed by atoms with Crippen LogP contribution in [0.5, 0.6) is 5.75 Å². The maximum atomic E-state index is 11.5. The number of methoxy groups -OCH3 is 1. The van der Waals surface area contributed by atoms with Gasteiger partial charge in [0, 0.05) is 13.1 Å². The van der Waals surface area contributed by atoms with Crippen LogP contribution in [0.4, 0.5) is 5.69 Å². The van der Waals surface area contributed by atoms with Gasteiger partial charge in [-0.1, -0.05) is 0 Å². The molecule has 0 saturated heterocycles. The van der Waals surface area contributed by atoms with Gasteiger partial charge in [-0.05, 0) is 32.2 Å². The predicted molar refractivity (Wildman–Crippen MR) is 76.3 cm³/mol. The van der Waals surface area contributed by atoms with E-state index >= 15 is 0 Å². The average molecular weight is 280 g/mol. The summed E-state index contributed by atoms with van der Waals surface area (Å²) in [6.45, 7) is 2.43. The molecule has 0 bridgehead atoms. The van der Waals surface area contributed by atoms with Crippen molar-refractivity contribution in [1.29, 1.82) is 0 Å². The van der Waals surface area contributed by atoms with Gasteiger partial charge in [-0.3, -0.25) is 4.79 Å². The fourth-order valence-electron chi connectivity index (χ4n) is 1.51. The van der Waals surface area contributed by atoms with Crippen molar-refractivity contribution in [1.82, 2.24) is 5.32 Å². The molecule has 0 radical (unpaired) electrons. The Labute approximate surface area is 118 Å². The first-order valence-electron chi connectivity index (χ1n) is 6.24. The highest BCUT2D eigenvalue weighted by Crippen LogP contribution is 2.28. The SMILES string of the molecule is CN[C@H](C)COc1ccc(C(=O)OC)cc1N(C)C=O. The predicted octanol–water partition coefficient (Wildman–Crippen LogP) is 1.05. The molecule has 0 unspecified atom stereocenters. The van der Waals surface area contributed by atoms with Crippen molar-refractivity contribution in [3.8, 4) is 5.75 Å². The van der Waals surface area contributed by atoms with Crippen LogP contribution in [0.15, 0.2) is 18.2 Å². The van der Waals surface area contributed by atoms with Gasteiger partial charge in [0.05, 0.1) is 18.4 Å². The lowest BCUT2D eigenvalue weighted by molar-refractivity contribution is -0.107. The molecule has 110 valence electrons. The molecule has 1 aromatic rings. The number of esters is 1. The number of carbonyl (C=O) groups excluding carboxylic acids is 2. The minimum absolute atomic E-state index is 0.171. The highest BCUT2D eigenvalue weighted by Gasteiger charge is 2.14. The van der Waals surface area contributed by atoms with Gasteiger partial charge in [-0.15, -0.1) is 0 Å². The summed E-state index contributed by atoms with van der Waals surface area (Å²) in [5.41, 5.74) is 0.886. The van der Waals surface area contributed by atoms with Crippen molar-refractivity contribution in [3.63, 3.8) is 0 Å². The maximum Gasteiger partial charge on any atom is 0.337 e. The molecule has 0 aliphatic carbocycles. The summed E-state index contributed by atoms with van der Waals surface area (Å²) >= 11 is 0. The number of hydrogen-bond donors (Lipinski definition) is 1. The van der Waals surface area contributed by atoms with Crippen LogP contribution in [0.2, 0.25) is 0 Å². The smallest absolute Gasteiger partial charge is 0.337 e. The summed E-state index contributed by atoms with van der Waals surface area (Å²) in [5.74, 6) is 0.0787. The summed E-state index contributed by atoms with van der Waals surface area (Å²) in [6, 6.07) is 5.00. The van der Waals surface area contributed by atoms with Crippen LogP contribution in [-0.4, -0.2) is 46.2 Å². The van der Waals surface area contributed by atoms with Crippen molar-refractivity contribution in [2.24, 2.45) is 0 Å². The minimum atomic E-state index is -0.458. The van der Waals surface area contributed by atoms with E-state index in [-0.39, 0.29) is 6.04 Å². The molecule has 0 aromatic heterocycles. The van der Waals surface area contributed by atoms with Crippen LogP contribution in [0, 0.1) is 0 Å². The van der Waals surface area contributed by atoms with E-state index < -0.39 is 5.97 Å². The van der Waals surface area contributed by atoms with Gasteiger partial charge in [0.15, 0.2) is 0 Å². The Balaban J connectivity index is 3.03. The normalized spacial score (nSPS) is 11.6. The lowest BCUT2D eigenvalue weighted by atomic mass is 10.1. The molecular weight excluding hydrogens is 260 g/mol. The van der Waals surface area contributed by atoms with E-state index in [4.69, 9.17) is 4.74 Å². The van der Waals surface area contributed by atoms with Crippen LogP contribution < -0.4 is 15.0 Å². The Kier molecular flexibility index (Phi) is 5.99. The Morgan fingerprint density at radius 1 is 1.50 bits per heavy atom. The largest absolute Gasteiger partial charge is 0.490 e. The van der Waals surface area contributed by atoms with Crippen molar-refractivity contribution in [3.05, 3.63) is 23.8 Å². The van der Waals surface area contributed by atoms with Crippen molar-refractivity contribution < 1.29 is 19.1 Å². The molecule has 6 heteroatoms. The van der Waals surface area contributed by atoms with Gasteiger partial charge in [-0.2, -0.15) is 0 Å². The maximum absolute atomic E-state index is 11.5. The summed E-state index contributed by atoms with van der Waals surface area (Å²) in [5, 5.41) is 3.05. The highest BCUT2D eigenvalue weighted by molar-refractivity contribution is 5.92. The highest BCUT2D eigenvalue weighted by atomic mass is 16.5. The molecule has 1 atom stereocenters. The molecule has 0 saturated carbocycles. The lowest BCUT2D eigenvalue weighted by Crippen LogP contribution is -2.28. The number of nitrogens with zero attached hydrogens (tertiary/aromatic N) is 1. The number of rotatable bonds is 7. The van der Waals surface area contributed by atoms with E-state index in [0.717, 1.165) is 0 Å². The summed E-state index contributed by atoms with van der Waals surface area (Å²) < 4.78 is 10.3. The zero-order valence-corrected chi connectivity index (χ0v) is 12.2. The second-order valence-corrected chi connectivity index (χ2v) is 4.39. The van der Waals surface area contributed by atoms with Gasteiger partial charge < -0.3 is 19.7 Å². The number of amides is 1. The van der Waals surface area contributed by atoms with Crippen molar-refractivity contribution in [2.75, 3.05) is 32.7 Å². The third kappa shape index (κ3) is 3.96. The van der Waals surface area contributed by atoms with Crippen molar-refractivity contribution in [2.45, 2.75) is 13.0 Å². The van der Waals surface area contributed by atoms with Crippen molar-refractivity contribution >= 4 is 18.1 Å². The summed E-state index contributed by atoms with van der Waals surface area (Å²) in [6.07, 6.45) is 0.657. The molecule has 1 amide bonds. The Hall–Kier alpha value is -2.08. The molecule has 0 aliphatic rings. The average Bonchev–Trinajstić information content (AvgIpc) is 2.50. The van der Waals surface area contributed by atoms with Gasteiger partial charge in [0.25, 0.3) is 0 Å². The molecular formula is C14H20N2O4. The molecule has 1 N–H and O–H groups in total. The van der Waals surface area contributed by atoms with E-state index in [0.29, 0.717) is 30.0 Å². The molecule has 0 fully saturated rings. The number of anilines is 1. The van der Waals surface area contributed by atoms with Crippen LogP contribution >= 0.6 is 0 Å². The second-order valence-electron chi connectivity index (χ2n) is 4.39. The molecule has 20 heavy (non-hydrogen) atoms. The van der Waals surface area contributed by atoms with E-state index in [1.807, 2.05) is 14.0 Å². The quantitative estimate of drug-likeness (QED) is 0.597. The number of nitrogens with one attached hydrogen (secondary N) is 1. The Morgan fingerprint density at radius 2 is 2.20 bits per heavy atom. The number of carbonyl (C=O) groups is 2. The molecule has 1 aromatic carbocycles. The van der Waals surface area contributed by atoms with E-state index in [1.54, 1.807) is 25.2 Å². The van der Waals surface area contributed by atoms with Gasteiger partial charge >= 0.3 is 5.97 Å². The second kappa shape index (κ2) is 7.49. The topological polar surface area (TPSA) is 67.9 Å². The van der Waals surface area contributed by atoms with Crippen LogP contribution in [-0.2, 0) is 9.53 Å². The van der Waals surface area contributed by atoms with E-state index in [2.05, 4.69) is 10.1 Å². The van der Waals surface area contributed by atoms with Gasteiger partial charge in [0.1, 0.15) is 12.4 Å². The number of likely N-dealkylation sites (N-methyl/N-ethyl adjacent to an activating group) is 1. The Bertz CT molecular complexity index is 476. The van der Waals surface area contributed by atoms with Gasteiger partial charge in [0.2, 0.25) is 6.41 Å². The van der Waals surface area contributed by atoms with E-state index in [1.165, 1.54) is 12.0 Å². The number of ether oxygens (including phenoxy) is 2. The zero-order valence-electron chi connectivity index (χ0n) is 12.2. The standard InChI is InChI=1S/C14H20N2O4/c1-10(15-2)8-20-13-6-5-11(14(18)19-4)7-12(13)16(3)9-17/h5-7,9-10,15H,8H2,1-4H3/t10-/m1/s1. The zero-order chi connectivity index (χ0) is 15.1. The monoisotopic (exact) mass is 280 g/mol. The summed E-state index contributed by atoms with van der Waals surface area (Å²) in [7, 11) is 4.75. The molecule has 0 spiro atoms. The Morgan fingerprint density at radius 3 is 2.75 bits per heavy atom. The fraction of sp³-hybridized carbons (Fsp3) is 0.429. The third-order valence-electron chi connectivity index (χ3n) is 2.90. The molecule has 1 rings (SSSR count). The molecule has 0 heterocycles. The molecule has 6 nitrogen and oxygen atoms in total. The minimum Gasteiger partial charge on any atom is -0.490 e. The van der Waals surface area contributed by atoms with Crippen LogP contribution in [0.1, 0.15) is 17.3 Å². The first kappa shape index (κ1) is 16.0. The molecule has 0 aliphatic heterocycles. The third-order valence-corrected chi connectivity index (χ3v) is 2.90. The van der Waals surface area contributed by atoms with Gasteiger partial charge in [-0.25, -0.2) is 4.79 Å². The van der Waals surface area contributed by atoms with Crippen LogP contribution in [0.3, 0.4) is 0 Å². The van der Waals surface area contributed by atoms with Crippen LogP contribution in [0.25, 0.3) is 0 Å². The summed E-state index contributed by atoms with van der Waals surface area (Å²) in [4.78, 5) is 23.8.